The van der Waals surface area contributed by atoms with Gasteiger partial charge in [0, 0.05) is 31.4 Å². The molecule has 2 aromatic carbocycles. The summed E-state index contributed by atoms with van der Waals surface area (Å²) in [5, 5.41) is 0. The van der Waals surface area contributed by atoms with Crippen molar-refractivity contribution in [3.05, 3.63) is 60.2 Å². The number of benzene rings is 2. The Kier molecular flexibility index (Phi) is 5.31. The first-order valence-corrected chi connectivity index (χ1v) is 11.4. The van der Waals surface area contributed by atoms with Crippen LogP contribution in [0.25, 0.3) is 11.1 Å². The van der Waals surface area contributed by atoms with Crippen LogP contribution in [0, 0.1) is 11.7 Å². The van der Waals surface area contributed by atoms with Gasteiger partial charge in [0.1, 0.15) is 4.90 Å². The number of hydrogen-bond acceptors (Lipinski definition) is 6. The van der Waals surface area contributed by atoms with Crippen molar-refractivity contribution in [1.29, 1.82) is 0 Å². The van der Waals surface area contributed by atoms with E-state index in [9.17, 15) is 8.60 Å². The first kappa shape index (κ1) is 19.9. The molecule has 1 aromatic heterocycles. The number of fused-ring (bicyclic) bond motifs is 1. The van der Waals surface area contributed by atoms with Gasteiger partial charge >= 0.3 is 0 Å². The molecule has 0 radical (unpaired) electrons. The van der Waals surface area contributed by atoms with E-state index in [0.29, 0.717) is 28.7 Å². The van der Waals surface area contributed by atoms with Crippen molar-refractivity contribution in [1.82, 2.24) is 9.97 Å². The number of ether oxygens (including phenoxy) is 1. The highest BCUT2D eigenvalue weighted by Gasteiger charge is 2.26. The maximum atomic E-state index is 14.6. The molecule has 1 saturated heterocycles. The van der Waals surface area contributed by atoms with Crippen LogP contribution >= 0.6 is 0 Å². The highest BCUT2D eigenvalue weighted by atomic mass is 32.2. The normalized spacial score (nSPS) is 19.5. The van der Waals surface area contributed by atoms with Gasteiger partial charge in [-0.05, 0) is 53.8 Å². The SMILES string of the molecule is CCc1cnc(N2CC[C@H](COc3ccc(-c4ccc5c(c4)OS5=O)cc3F)C2)nc1. The van der Waals surface area contributed by atoms with Crippen molar-refractivity contribution in [3.8, 4) is 22.6 Å². The molecule has 3 heterocycles. The highest BCUT2D eigenvalue weighted by Crippen LogP contribution is 2.37. The fraction of sp³-hybridized carbons (Fsp3) is 0.304. The van der Waals surface area contributed by atoms with E-state index in [1.54, 1.807) is 18.2 Å². The topological polar surface area (TPSA) is 64.6 Å². The molecule has 0 saturated carbocycles. The first-order chi connectivity index (χ1) is 15.1. The Morgan fingerprint density at radius 1 is 1.19 bits per heavy atom. The van der Waals surface area contributed by atoms with Crippen molar-refractivity contribution in [2.45, 2.75) is 24.7 Å². The van der Waals surface area contributed by atoms with Gasteiger partial charge in [-0.25, -0.2) is 18.6 Å². The third kappa shape index (κ3) is 3.99. The maximum Gasteiger partial charge on any atom is 0.244 e. The van der Waals surface area contributed by atoms with E-state index in [1.165, 1.54) is 6.07 Å². The molecule has 0 bridgehead atoms. The third-order valence-electron chi connectivity index (χ3n) is 5.70. The van der Waals surface area contributed by atoms with E-state index >= 15 is 0 Å². The molecule has 2 atom stereocenters. The zero-order chi connectivity index (χ0) is 21.4. The van der Waals surface area contributed by atoms with Crippen LogP contribution in [0.1, 0.15) is 18.9 Å². The van der Waals surface area contributed by atoms with Crippen molar-refractivity contribution < 1.29 is 17.5 Å². The van der Waals surface area contributed by atoms with E-state index in [4.69, 9.17) is 8.92 Å². The van der Waals surface area contributed by atoms with Crippen molar-refractivity contribution in [2.75, 3.05) is 24.6 Å². The fourth-order valence-corrected chi connectivity index (χ4v) is 4.55. The number of nitrogens with zero attached hydrogens (tertiary/aromatic N) is 3. The summed E-state index contributed by atoms with van der Waals surface area (Å²) in [5.41, 5.74) is 2.64. The predicted molar refractivity (Wildman–Crippen MR) is 116 cm³/mol. The Labute approximate surface area is 182 Å². The molecule has 3 aromatic rings. The number of halogens is 1. The lowest BCUT2D eigenvalue weighted by Gasteiger charge is -2.19. The Hall–Kier alpha value is -3.00. The summed E-state index contributed by atoms with van der Waals surface area (Å²) < 4.78 is 36.9. The second-order valence-corrected chi connectivity index (χ2v) is 8.86. The number of anilines is 1. The van der Waals surface area contributed by atoms with Crippen LogP contribution in [-0.4, -0.2) is 33.9 Å². The lowest BCUT2D eigenvalue weighted by Crippen LogP contribution is -2.23. The molecule has 1 fully saturated rings. The van der Waals surface area contributed by atoms with Crippen LogP contribution in [0.15, 0.2) is 53.7 Å². The van der Waals surface area contributed by atoms with E-state index < -0.39 is 16.9 Å². The summed E-state index contributed by atoms with van der Waals surface area (Å²) in [6.07, 6.45) is 5.61. The molecule has 2 aliphatic rings. The molecule has 2 aliphatic heterocycles. The van der Waals surface area contributed by atoms with E-state index in [2.05, 4.69) is 21.8 Å². The van der Waals surface area contributed by atoms with E-state index in [0.717, 1.165) is 43.0 Å². The molecular formula is C23H22FN3O3S. The van der Waals surface area contributed by atoms with Gasteiger partial charge in [0.05, 0.1) is 6.61 Å². The quantitative estimate of drug-likeness (QED) is 0.575. The Morgan fingerprint density at radius 2 is 1.97 bits per heavy atom. The average molecular weight is 440 g/mol. The first-order valence-electron chi connectivity index (χ1n) is 10.3. The minimum Gasteiger partial charge on any atom is -0.490 e. The van der Waals surface area contributed by atoms with Crippen molar-refractivity contribution in [2.24, 2.45) is 5.92 Å². The van der Waals surface area contributed by atoms with Crippen LogP contribution in [0.2, 0.25) is 0 Å². The van der Waals surface area contributed by atoms with Gasteiger partial charge in [0.2, 0.25) is 17.0 Å². The van der Waals surface area contributed by atoms with Crippen LogP contribution in [0.4, 0.5) is 10.3 Å². The molecule has 6 nitrogen and oxygen atoms in total. The molecule has 31 heavy (non-hydrogen) atoms. The zero-order valence-electron chi connectivity index (χ0n) is 17.1. The molecule has 1 unspecified atom stereocenters. The largest absolute Gasteiger partial charge is 0.490 e. The van der Waals surface area contributed by atoms with Gasteiger partial charge in [0.25, 0.3) is 0 Å². The van der Waals surface area contributed by atoms with Crippen molar-refractivity contribution >= 4 is 17.0 Å². The summed E-state index contributed by atoms with van der Waals surface area (Å²) in [4.78, 5) is 11.7. The van der Waals surface area contributed by atoms with Crippen LogP contribution < -0.4 is 13.8 Å². The Bertz CT molecular complexity index is 1140. The fourth-order valence-electron chi connectivity index (χ4n) is 3.83. The summed E-state index contributed by atoms with van der Waals surface area (Å²) >= 11 is -1.37. The smallest absolute Gasteiger partial charge is 0.244 e. The van der Waals surface area contributed by atoms with Gasteiger partial charge < -0.3 is 13.8 Å². The molecular weight excluding hydrogens is 417 g/mol. The molecule has 160 valence electrons. The Balaban J connectivity index is 1.20. The molecule has 0 spiro atoms. The van der Waals surface area contributed by atoms with Gasteiger partial charge in [0.15, 0.2) is 17.3 Å². The monoisotopic (exact) mass is 439 g/mol. The summed E-state index contributed by atoms with van der Waals surface area (Å²) in [7, 11) is 0. The third-order valence-corrected chi connectivity index (χ3v) is 6.72. The van der Waals surface area contributed by atoms with Gasteiger partial charge in [-0.15, -0.1) is 0 Å². The lowest BCUT2D eigenvalue weighted by molar-refractivity contribution is 0.250. The van der Waals surface area contributed by atoms with E-state index in [-0.39, 0.29) is 5.75 Å². The molecule has 5 rings (SSSR count). The number of aromatic nitrogens is 2. The van der Waals surface area contributed by atoms with Gasteiger partial charge in [-0.2, -0.15) is 0 Å². The highest BCUT2D eigenvalue weighted by molar-refractivity contribution is 7.82. The average Bonchev–Trinajstić information content (AvgIpc) is 3.26. The maximum absolute atomic E-state index is 14.6. The summed E-state index contributed by atoms with van der Waals surface area (Å²) in [6, 6.07) is 10.3. The Morgan fingerprint density at radius 3 is 2.68 bits per heavy atom. The molecule has 0 aliphatic carbocycles. The second-order valence-electron chi connectivity index (χ2n) is 7.78. The predicted octanol–water partition coefficient (Wildman–Crippen LogP) is 4.17. The van der Waals surface area contributed by atoms with Crippen LogP contribution in [0.5, 0.6) is 11.5 Å². The van der Waals surface area contributed by atoms with Gasteiger partial charge in [-0.3, -0.25) is 0 Å². The number of hydrogen-bond donors (Lipinski definition) is 0. The molecule has 0 amide bonds. The second kappa shape index (κ2) is 8.26. The van der Waals surface area contributed by atoms with Crippen LogP contribution in [0.3, 0.4) is 0 Å². The summed E-state index contributed by atoms with van der Waals surface area (Å²) in [6.45, 7) is 4.18. The number of aryl methyl sites for hydroxylation is 1. The molecule has 8 heteroatoms. The van der Waals surface area contributed by atoms with E-state index in [1.807, 2.05) is 24.5 Å². The lowest BCUT2D eigenvalue weighted by atomic mass is 10.0. The standard InChI is InChI=1S/C23H22FN3O3S/c1-2-15-11-25-23(26-12-15)27-8-7-16(13-27)14-29-20-5-3-17(9-19(20)24)18-4-6-22-21(10-18)30-31(22)28/h3-6,9-12,16H,2,7-8,13-14H2,1H3/t16-,31?/m0/s1. The summed E-state index contributed by atoms with van der Waals surface area (Å²) in [5.74, 6) is 1.45. The minimum absolute atomic E-state index is 0.243. The van der Waals surface area contributed by atoms with Crippen molar-refractivity contribution in [3.63, 3.8) is 0 Å². The number of rotatable bonds is 6. The molecule has 0 N–H and O–H groups in total. The van der Waals surface area contributed by atoms with Crippen LogP contribution in [-0.2, 0) is 17.5 Å². The minimum atomic E-state index is -1.37. The van der Waals surface area contributed by atoms with Gasteiger partial charge in [-0.1, -0.05) is 19.1 Å². The zero-order valence-corrected chi connectivity index (χ0v) is 17.9.